The zero-order valence-electron chi connectivity index (χ0n) is 15.3. The number of imidazole rings is 1. The molecule has 6 nitrogen and oxygen atoms in total. The molecule has 1 amide bonds. The summed E-state index contributed by atoms with van der Waals surface area (Å²) >= 11 is 0. The van der Waals surface area contributed by atoms with Crippen LogP contribution in [0.3, 0.4) is 0 Å². The second kappa shape index (κ2) is 7.09. The number of carbonyl (C=O) groups is 1. The molecule has 0 aliphatic rings. The first-order valence-corrected chi connectivity index (χ1v) is 9.14. The van der Waals surface area contributed by atoms with Crippen LogP contribution in [0.1, 0.15) is 10.5 Å². The van der Waals surface area contributed by atoms with Gasteiger partial charge in [-0.15, -0.1) is 0 Å². The molecule has 5 aromatic rings. The van der Waals surface area contributed by atoms with Crippen LogP contribution in [0.5, 0.6) is 0 Å². The number of oxazole rings is 1. The van der Waals surface area contributed by atoms with Gasteiger partial charge in [-0.3, -0.25) is 4.79 Å². The molecule has 0 bridgehead atoms. The lowest BCUT2D eigenvalue weighted by Gasteiger charge is -2.09. The fourth-order valence-corrected chi connectivity index (χ4v) is 3.26. The van der Waals surface area contributed by atoms with Gasteiger partial charge in [-0.2, -0.15) is 0 Å². The number of rotatable bonds is 4. The normalized spacial score (nSPS) is 10.9. The first-order valence-electron chi connectivity index (χ1n) is 9.14. The van der Waals surface area contributed by atoms with E-state index in [9.17, 15) is 4.79 Å². The van der Waals surface area contributed by atoms with E-state index in [1.165, 1.54) is 6.39 Å². The number of hydrogen-bond acceptors (Lipinski definition) is 4. The predicted octanol–water partition coefficient (Wildman–Crippen LogP) is 5.14. The number of aromatic amines is 1. The Hall–Kier alpha value is -4.19. The third-order valence-electron chi connectivity index (χ3n) is 4.64. The molecular weight excluding hydrogens is 364 g/mol. The Bertz CT molecular complexity index is 1270. The topological polar surface area (TPSA) is 83.8 Å². The van der Waals surface area contributed by atoms with Crippen molar-refractivity contribution in [1.29, 1.82) is 0 Å². The van der Waals surface area contributed by atoms with Gasteiger partial charge < -0.3 is 14.7 Å². The van der Waals surface area contributed by atoms with Gasteiger partial charge in [-0.05, 0) is 24.3 Å². The zero-order chi connectivity index (χ0) is 19.6. The number of nitrogens with one attached hydrogen (secondary N) is 2. The van der Waals surface area contributed by atoms with Crippen molar-refractivity contribution < 1.29 is 9.21 Å². The Morgan fingerprint density at radius 3 is 2.52 bits per heavy atom. The molecular formula is C23H16N4O2. The Morgan fingerprint density at radius 2 is 1.66 bits per heavy atom. The van der Waals surface area contributed by atoms with E-state index in [0.717, 1.165) is 22.2 Å². The van der Waals surface area contributed by atoms with Crippen molar-refractivity contribution in [3.8, 4) is 22.7 Å². The molecule has 0 fully saturated rings. The van der Waals surface area contributed by atoms with Gasteiger partial charge >= 0.3 is 0 Å². The first-order chi connectivity index (χ1) is 14.3. The van der Waals surface area contributed by atoms with Gasteiger partial charge in [-0.25, -0.2) is 9.97 Å². The maximum Gasteiger partial charge on any atom is 0.278 e. The number of H-pyrrole nitrogens is 1. The van der Waals surface area contributed by atoms with Gasteiger partial charge in [0.25, 0.3) is 5.91 Å². The monoisotopic (exact) mass is 380 g/mol. The summed E-state index contributed by atoms with van der Waals surface area (Å²) in [7, 11) is 0. The van der Waals surface area contributed by atoms with Gasteiger partial charge in [0, 0.05) is 11.1 Å². The Morgan fingerprint density at radius 1 is 0.897 bits per heavy atom. The van der Waals surface area contributed by atoms with Crippen molar-refractivity contribution in [2.75, 3.05) is 5.32 Å². The summed E-state index contributed by atoms with van der Waals surface area (Å²) in [6, 6.07) is 24.7. The van der Waals surface area contributed by atoms with Crippen LogP contribution in [-0.2, 0) is 0 Å². The third kappa shape index (κ3) is 3.17. The van der Waals surface area contributed by atoms with Gasteiger partial charge in [-0.1, -0.05) is 54.6 Å². The van der Waals surface area contributed by atoms with Crippen LogP contribution in [0.15, 0.2) is 89.7 Å². The molecule has 0 aliphatic heterocycles. The summed E-state index contributed by atoms with van der Waals surface area (Å²) in [5, 5.41) is 2.94. The number of benzene rings is 3. The molecule has 3 aromatic carbocycles. The fraction of sp³-hybridized carbons (Fsp3) is 0. The first kappa shape index (κ1) is 16.9. The molecule has 0 unspecified atom stereocenters. The van der Waals surface area contributed by atoms with E-state index in [1.54, 1.807) is 0 Å². The van der Waals surface area contributed by atoms with Crippen LogP contribution in [0.25, 0.3) is 33.7 Å². The average molecular weight is 380 g/mol. The molecule has 2 aromatic heterocycles. The summed E-state index contributed by atoms with van der Waals surface area (Å²) in [5.41, 5.74) is 4.26. The van der Waals surface area contributed by atoms with Crippen LogP contribution < -0.4 is 5.32 Å². The van der Waals surface area contributed by atoms with Gasteiger partial charge in [0.15, 0.2) is 17.8 Å². The van der Waals surface area contributed by atoms with Crippen molar-refractivity contribution in [2.45, 2.75) is 0 Å². The lowest BCUT2D eigenvalue weighted by Crippen LogP contribution is -2.14. The number of para-hydroxylation sites is 3. The summed E-state index contributed by atoms with van der Waals surface area (Å²) in [4.78, 5) is 25.0. The van der Waals surface area contributed by atoms with Crippen LogP contribution in [0.4, 0.5) is 5.69 Å². The van der Waals surface area contributed by atoms with Crippen molar-refractivity contribution in [2.24, 2.45) is 0 Å². The zero-order valence-corrected chi connectivity index (χ0v) is 15.3. The summed E-state index contributed by atoms with van der Waals surface area (Å²) < 4.78 is 5.47. The minimum absolute atomic E-state index is 0.232. The molecule has 5 rings (SSSR count). The fourth-order valence-electron chi connectivity index (χ4n) is 3.26. The molecule has 0 saturated carbocycles. The Balaban J connectivity index is 1.49. The second-order valence-corrected chi connectivity index (χ2v) is 6.50. The highest BCUT2D eigenvalue weighted by Crippen LogP contribution is 2.29. The van der Waals surface area contributed by atoms with E-state index < -0.39 is 0 Å². The molecule has 0 atom stereocenters. The number of fused-ring (bicyclic) bond motifs is 1. The number of amides is 1. The molecule has 2 heterocycles. The number of nitrogens with zero attached hydrogens (tertiary/aromatic N) is 2. The molecule has 0 aliphatic carbocycles. The van der Waals surface area contributed by atoms with Crippen molar-refractivity contribution >= 4 is 22.6 Å². The van der Waals surface area contributed by atoms with Gasteiger partial charge in [0.2, 0.25) is 0 Å². The highest BCUT2D eigenvalue weighted by molar-refractivity contribution is 6.08. The van der Waals surface area contributed by atoms with Gasteiger partial charge in [0.1, 0.15) is 5.82 Å². The summed E-state index contributed by atoms with van der Waals surface area (Å²) in [5.74, 6) is 0.774. The van der Waals surface area contributed by atoms with E-state index in [-0.39, 0.29) is 11.6 Å². The Kier molecular flexibility index (Phi) is 4.14. The van der Waals surface area contributed by atoms with Crippen LogP contribution >= 0.6 is 0 Å². The molecule has 2 N–H and O–H groups in total. The number of hydrogen-bond donors (Lipinski definition) is 2. The second-order valence-electron chi connectivity index (χ2n) is 6.50. The molecule has 29 heavy (non-hydrogen) atoms. The van der Waals surface area contributed by atoms with Crippen molar-refractivity contribution in [3.63, 3.8) is 0 Å². The van der Waals surface area contributed by atoms with Gasteiger partial charge in [0.05, 0.1) is 16.7 Å². The number of anilines is 1. The SMILES string of the molecule is O=C(Nc1ccccc1-c1nc2ccccc2[nH]1)c1ncoc1-c1ccccc1. The predicted molar refractivity (Wildman–Crippen MR) is 111 cm³/mol. The van der Waals surface area contributed by atoms with Crippen LogP contribution in [0, 0.1) is 0 Å². The maximum atomic E-state index is 13.0. The third-order valence-corrected chi connectivity index (χ3v) is 4.64. The lowest BCUT2D eigenvalue weighted by atomic mass is 10.1. The molecule has 0 spiro atoms. The van der Waals surface area contributed by atoms with E-state index in [2.05, 4.69) is 20.3 Å². The van der Waals surface area contributed by atoms with Crippen LogP contribution in [-0.4, -0.2) is 20.9 Å². The van der Waals surface area contributed by atoms with Crippen molar-refractivity contribution in [1.82, 2.24) is 15.0 Å². The molecule has 0 saturated heterocycles. The quantitative estimate of drug-likeness (QED) is 0.452. The Labute approximate surface area is 166 Å². The smallest absolute Gasteiger partial charge is 0.278 e. The van der Waals surface area contributed by atoms with E-state index in [1.807, 2.05) is 78.9 Å². The largest absolute Gasteiger partial charge is 0.443 e. The minimum Gasteiger partial charge on any atom is -0.443 e. The number of aromatic nitrogens is 3. The maximum absolute atomic E-state index is 13.0. The molecule has 140 valence electrons. The van der Waals surface area contributed by atoms with E-state index in [4.69, 9.17) is 4.42 Å². The molecule has 6 heteroatoms. The van der Waals surface area contributed by atoms with E-state index >= 15 is 0 Å². The highest BCUT2D eigenvalue weighted by atomic mass is 16.3. The lowest BCUT2D eigenvalue weighted by molar-refractivity contribution is 0.102. The highest BCUT2D eigenvalue weighted by Gasteiger charge is 2.20. The van der Waals surface area contributed by atoms with E-state index in [0.29, 0.717) is 17.3 Å². The minimum atomic E-state index is -0.346. The summed E-state index contributed by atoms with van der Waals surface area (Å²) in [6.45, 7) is 0. The van der Waals surface area contributed by atoms with Crippen LogP contribution in [0.2, 0.25) is 0 Å². The average Bonchev–Trinajstić information content (AvgIpc) is 3.42. The molecule has 0 radical (unpaired) electrons. The number of carbonyl (C=O) groups excluding carboxylic acids is 1. The summed E-state index contributed by atoms with van der Waals surface area (Å²) in [6.07, 6.45) is 1.28. The standard InChI is InChI=1S/C23H16N4O2/c28-23(20-21(29-14-24-20)15-8-2-1-3-9-15)27-17-11-5-4-10-16(17)22-25-18-12-6-7-13-19(18)26-22/h1-14H,(H,25,26)(H,27,28). The van der Waals surface area contributed by atoms with Crippen molar-refractivity contribution in [3.05, 3.63) is 91.0 Å².